The number of Topliss-reactive ketones (excluding diaryl/α,β-unsaturated/α-hetero) is 1. The highest BCUT2D eigenvalue weighted by molar-refractivity contribution is 9.10. The summed E-state index contributed by atoms with van der Waals surface area (Å²) in [6.07, 6.45) is 1.84. The van der Waals surface area contributed by atoms with Gasteiger partial charge >= 0.3 is 5.95 Å². The molecule has 3 aromatic rings. The van der Waals surface area contributed by atoms with Crippen molar-refractivity contribution in [2.75, 3.05) is 5.73 Å². The van der Waals surface area contributed by atoms with Crippen LogP contribution >= 0.6 is 39.1 Å². The van der Waals surface area contributed by atoms with E-state index in [1.165, 1.54) is 0 Å². The maximum Gasteiger partial charge on any atom is 0.355 e. The number of nitrogens with zero attached hydrogens (tertiary/aromatic N) is 2. The second-order valence-corrected chi connectivity index (χ2v) is 7.35. The number of benzene rings is 2. The van der Waals surface area contributed by atoms with Crippen LogP contribution in [0, 0.1) is 0 Å². The zero-order chi connectivity index (χ0) is 18.1. The average molecular weight is 520 g/mol. The van der Waals surface area contributed by atoms with Gasteiger partial charge in [0, 0.05) is 15.6 Å². The molecular weight excluding hydrogens is 505 g/mol. The lowest BCUT2D eigenvalue weighted by molar-refractivity contribution is -0.667. The van der Waals surface area contributed by atoms with Gasteiger partial charge in [-0.1, -0.05) is 51.3 Å². The predicted molar refractivity (Wildman–Crippen MR) is 104 cm³/mol. The van der Waals surface area contributed by atoms with E-state index in [0.29, 0.717) is 21.6 Å². The lowest BCUT2D eigenvalue weighted by Crippen LogP contribution is -3.00. The van der Waals surface area contributed by atoms with Crippen molar-refractivity contribution in [2.45, 2.75) is 6.54 Å². The zero-order valence-corrected chi connectivity index (χ0v) is 18.4. The van der Waals surface area contributed by atoms with Crippen LogP contribution in [0.25, 0.3) is 11.3 Å². The van der Waals surface area contributed by atoms with E-state index in [1.54, 1.807) is 28.8 Å². The molecule has 0 saturated heterocycles. The molecule has 2 aromatic carbocycles. The number of anilines is 1. The lowest BCUT2D eigenvalue weighted by Gasteiger charge is -2.01. The number of ketones is 1. The Labute approximate surface area is 180 Å². The number of carbonyl (C=O) groups is 1. The quantitative estimate of drug-likeness (QED) is 0.420. The van der Waals surface area contributed by atoms with Gasteiger partial charge in [0.05, 0.1) is 17.1 Å². The molecule has 0 fully saturated rings. The SMILES string of the molecule is Cn1c(-c2ccc(Cl)c(Cl)c2)c[n+](CC(=O)c2cccc(Br)c2)c1N.[Br-]. The Morgan fingerprint density at radius 2 is 1.92 bits per heavy atom. The van der Waals surface area contributed by atoms with Gasteiger partial charge in [-0.25, -0.2) is 9.13 Å². The van der Waals surface area contributed by atoms with Crippen molar-refractivity contribution in [3.8, 4) is 11.3 Å². The standard InChI is InChI=1S/C18H14BrCl2N3O.BrH/c1-23-16(11-5-6-14(20)15(21)8-11)9-24(18(23)22)10-17(25)12-3-2-4-13(19)7-12;/h2-9,22H,10H2,1H3;1H. The first kappa shape index (κ1) is 21.0. The topological polar surface area (TPSA) is 51.9 Å². The first-order valence-corrected chi connectivity index (χ1v) is 9.00. The molecule has 0 saturated carbocycles. The third-order valence-electron chi connectivity index (χ3n) is 3.95. The summed E-state index contributed by atoms with van der Waals surface area (Å²) < 4.78 is 4.40. The number of nitrogens with two attached hydrogens (primary N) is 1. The summed E-state index contributed by atoms with van der Waals surface area (Å²) in [4.78, 5) is 12.5. The van der Waals surface area contributed by atoms with E-state index < -0.39 is 0 Å². The fourth-order valence-corrected chi connectivity index (χ4v) is 3.27. The van der Waals surface area contributed by atoms with E-state index in [-0.39, 0.29) is 29.3 Å². The summed E-state index contributed by atoms with van der Waals surface area (Å²) in [5.74, 6) is 0.453. The molecule has 0 unspecified atom stereocenters. The highest BCUT2D eigenvalue weighted by Crippen LogP contribution is 2.28. The van der Waals surface area contributed by atoms with Gasteiger partial charge in [-0.3, -0.25) is 10.5 Å². The monoisotopic (exact) mass is 517 g/mol. The summed E-state index contributed by atoms with van der Waals surface area (Å²) in [6, 6.07) is 12.7. The van der Waals surface area contributed by atoms with Gasteiger partial charge in [0.15, 0.2) is 5.78 Å². The number of rotatable bonds is 4. The Hall–Kier alpha value is -1.34. The Morgan fingerprint density at radius 3 is 2.58 bits per heavy atom. The minimum Gasteiger partial charge on any atom is -1.00 e. The highest BCUT2D eigenvalue weighted by atomic mass is 79.9. The molecule has 0 aliphatic carbocycles. The number of hydrogen-bond donors (Lipinski definition) is 1. The normalized spacial score (nSPS) is 10.5. The molecule has 0 amide bonds. The van der Waals surface area contributed by atoms with Crippen LogP contribution in [0.15, 0.2) is 53.1 Å². The van der Waals surface area contributed by atoms with Gasteiger partial charge in [-0.05, 0) is 30.3 Å². The Balaban J connectivity index is 0.00000243. The van der Waals surface area contributed by atoms with Gasteiger partial charge in [0.1, 0.15) is 18.4 Å². The molecule has 136 valence electrons. The van der Waals surface area contributed by atoms with Crippen molar-refractivity contribution in [3.05, 3.63) is 68.7 Å². The molecule has 3 rings (SSSR count). The van der Waals surface area contributed by atoms with Crippen molar-refractivity contribution in [1.82, 2.24) is 4.57 Å². The molecular formula is C18H15Br2Cl2N3O. The molecule has 2 N–H and O–H groups in total. The van der Waals surface area contributed by atoms with Gasteiger partial charge in [-0.2, -0.15) is 0 Å². The third kappa shape index (κ3) is 4.31. The largest absolute Gasteiger partial charge is 1.00 e. The Morgan fingerprint density at radius 1 is 1.19 bits per heavy atom. The molecule has 1 aromatic heterocycles. The van der Waals surface area contributed by atoms with E-state index in [2.05, 4.69) is 15.9 Å². The molecule has 1 heterocycles. The zero-order valence-electron chi connectivity index (χ0n) is 13.7. The van der Waals surface area contributed by atoms with Crippen molar-refractivity contribution in [3.63, 3.8) is 0 Å². The summed E-state index contributed by atoms with van der Waals surface area (Å²) in [5, 5.41) is 0.959. The minimum absolute atomic E-state index is 0. The van der Waals surface area contributed by atoms with Crippen LogP contribution in [0.4, 0.5) is 5.95 Å². The number of carbonyl (C=O) groups excluding carboxylic acids is 1. The maximum atomic E-state index is 12.5. The number of hydrogen-bond acceptors (Lipinski definition) is 2. The van der Waals surface area contributed by atoms with Crippen molar-refractivity contribution in [2.24, 2.45) is 7.05 Å². The second kappa shape index (κ2) is 8.57. The smallest absolute Gasteiger partial charge is 0.355 e. The van der Waals surface area contributed by atoms with Crippen molar-refractivity contribution < 1.29 is 26.3 Å². The van der Waals surface area contributed by atoms with E-state index >= 15 is 0 Å². The highest BCUT2D eigenvalue weighted by Gasteiger charge is 2.20. The lowest BCUT2D eigenvalue weighted by atomic mass is 10.1. The van der Waals surface area contributed by atoms with E-state index in [1.807, 2.05) is 36.0 Å². The Bertz CT molecular complexity index is 973. The molecule has 0 aliphatic heterocycles. The summed E-state index contributed by atoms with van der Waals surface area (Å²) in [6.45, 7) is 0.150. The van der Waals surface area contributed by atoms with E-state index in [0.717, 1.165) is 15.7 Å². The van der Waals surface area contributed by atoms with Gasteiger partial charge in [-0.15, -0.1) is 0 Å². The number of aromatic nitrogens is 2. The molecule has 8 heteroatoms. The maximum absolute atomic E-state index is 12.5. The van der Waals surface area contributed by atoms with Crippen LogP contribution in [0.3, 0.4) is 0 Å². The van der Waals surface area contributed by atoms with Crippen LogP contribution in [-0.2, 0) is 13.6 Å². The van der Waals surface area contributed by atoms with Crippen molar-refractivity contribution >= 4 is 50.9 Å². The first-order valence-electron chi connectivity index (χ1n) is 7.45. The molecule has 4 nitrogen and oxygen atoms in total. The predicted octanol–water partition coefficient (Wildman–Crippen LogP) is 1.52. The van der Waals surface area contributed by atoms with Gasteiger partial charge < -0.3 is 17.0 Å². The van der Waals surface area contributed by atoms with Crippen LogP contribution in [-0.4, -0.2) is 10.4 Å². The third-order valence-corrected chi connectivity index (χ3v) is 5.19. The van der Waals surface area contributed by atoms with Crippen LogP contribution in [0.1, 0.15) is 10.4 Å². The summed E-state index contributed by atoms with van der Waals surface area (Å²) in [5.41, 5.74) is 8.51. The van der Waals surface area contributed by atoms with Gasteiger partial charge in [0.2, 0.25) is 0 Å². The van der Waals surface area contributed by atoms with Gasteiger partial charge in [0.25, 0.3) is 0 Å². The molecule has 0 atom stereocenters. The van der Waals surface area contributed by atoms with E-state index in [9.17, 15) is 4.79 Å². The Kier molecular flexibility index (Phi) is 6.91. The average Bonchev–Trinajstić information content (AvgIpc) is 2.86. The molecule has 0 aliphatic rings. The minimum atomic E-state index is -0.0238. The van der Waals surface area contributed by atoms with Crippen LogP contribution < -0.4 is 27.3 Å². The fourth-order valence-electron chi connectivity index (χ4n) is 2.57. The molecule has 0 bridgehead atoms. The van der Waals surface area contributed by atoms with Crippen molar-refractivity contribution in [1.29, 1.82) is 0 Å². The second-order valence-electron chi connectivity index (χ2n) is 5.62. The first-order chi connectivity index (χ1) is 11.9. The molecule has 0 radical (unpaired) electrons. The van der Waals surface area contributed by atoms with Crippen LogP contribution in [0.2, 0.25) is 10.0 Å². The molecule has 0 spiro atoms. The summed E-state index contributed by atoms with van der Waals surface area (Å²) in [7, 11) is 1.84. The number of halogens is 4. The van der Waals surface area contributed by atoms with Crippen LogP contribution in [0.5, 0.6) is 0 Å². The number of imidazole rings is 1. The number of nitrogen functional groups attached to an aromatic ring is 1. The van der Waals surface area contributed by atoms with E-state index in [4.69, 9.17) is 28.9 Å². The molecule has 26 heavy (non-hydrogen) atoms. The fraction of sp³-hybridized carbons (Fsp3) is 0.111. The summed E-state index contributed by atoms with van der Waals surface area (Å²) >= 11 is 15.5.